The normalized spacial score (nSPS) is 11.2. The first-order valence-electron chi connectivity index (χ1n) is 7.27. The molecule has 1 aromatic carbocycles. The zero-order valence-electron chi connectivity index (χ0n) is 12.6. The highest BCUT2D eigenvalue weighted by atomic mass is 35.5. The highest BCUT2D eigenvalue weighted by molar-refractivity contribution is 6.28. The quantitative estimate of drug-likeness (QED) is 0.695. The van der Waals surface area contributed by atoms with E-state index in [0.717, 1.165) is 24.2 Å². The number of imidazole rings is 1. The van der Waals surface area contributed by atoms with Crippen LogP contribution in [0.4, 0.5) is 0 Å². The topological polar surface area (TPSA) is 52.7 Å². The van der Waals surface area contributed by atoms with Crippen LogP contribution in [0.3, 0.4) is 0 Å². The summed E-state index contributed by atoms with van der Waals surface area (Å²) in [7, 11) is 1.62. The maximum atomic E-state index is 12.6. The first kappa shape index (κ1) is 14.8. The average Bonchev–Trinajstić information content (AvgIpc) is 2.84. The molecule has 0 fully saturated rings. The molecule has 5 nitrogen and oxygen atoms in total. The standard InChI is InChI=1S/C16H17ClN4O/c1-3-7-12-18-14-13(15(22)20(2)16(17)19-14)21(12)10-11-8-5-4-6-9-11/h4-6,8-9H,3,7,10H2,1-2H3. The number of hydrogen-bond acceptors (Lipinski definition) is 3. The molecule has 0 radical (unpaired) electrons. The van der Waals surface area contributed by atoms with E-state index in [2.05, 4.69) is 16.9 Å². The predicted octanol–water partition coefficient (Wildman–Crippen LogP) is 2.78. The van der Waals surface area contributed by atoms with E-state index in [1.165, 1.54) is 4.57 Å². The van der Waals surface area contributed by atoms with Gasteiger partial charge in [0.05, 0.1) is 0 Å². The van der Waals surface area contributed by atoms with Crippen molar-refractivity contribution >= 4 is 22.8 Å². The Morgan fingerprint density at radius 3 is 2.59 bits per heavy atom. The van der Waals surface area contributed by atoms with Crippen molar-refractivity contribution in [3.8, 4) is 0 Å². The maximum absolute atomic E-state index is 12.6. The van der Waals surface area contributed by atoms with Gasteiger partial charge in [-0.1, -0.05) is 37.3 Å². The second-order valence-corrected chi connectivity index (χ2v) is 5.61. The molecule has 114 valence electrons. The monoisotopic (exact) mass is 316 g/mol. The minimum Gasteiger partial charge on any atom is -0.318 e. The van der Waals surface area contributed by atoms with Gasteiger partial charge in [0.25, 0.3) is 5.56 Å². The van der Waals surface area contributed by atoms with Gasteiger partial charge in [-0.15, -0.1) is 0 Å². The van der Waals surface area contributed by atoms with E-state index in [1.54, 1.807) is 7.05 Å². The minimum absolute atomic E-state index is 0.157. The van der Waals surface area contributed by atoms with E-state index >= 15 is 0 Å². The average molecular weight is 317 g/mol. The molecule has 3 rings (SSSR count). The Balaban J connectivity index is 2.23. The van der Waals surface area contributed by atoms with Crippen LogP contribution in [0.1, 0.15) is 24.7 Å². The Kier molecular flexibility index (Phi) is 3.98. The predicted molar refractivity (Wildman–Crippen MR) is 87.3 cm³/mol. The number of halogens is 1. The van der Waals surface area contributed by atoms with E-state index in [1.807, 2.05) is 34.9 Å². The number of hydrogen-bond donors (Lipinski definition) is 0. The molecular weight excluding hydrogens is 300 g/mol. The van der Waals surface area contributed by atoms with Crippen molar-refractivity contribution in [2.45, 2.75) is 26.3 Å². The number of aryl methyl sites for hydroxylation is 1. The summed E-state index contributed by atoms with van der Waals surface area (Å²) in [6.07, 6.45) is 1.75. The van der Waals surface area contributed by atoms with Crippen LogP contribution in [0.25, 0.3) is 11.2 Å². The summed E-state index contributed by atoms with van der Waals surface area (Å²) in [5.74, 6) is 0.869. The third-order valence-corrected chi connectivity index (χ3v) is 4.01. The second kappa shape index (κ2) is 5.93. The molecular formula is C16H17ClN4O. The first-order chi connectivity index (χ1) is 10.6. The lowest BCUT2D eigenvalue weighted by molar-refractivity contribution is 0.716. The Bertz CT molecular complexity index is 867. The minimum atomic E-state index is -0.166. The van der Waals surface area contributed by atoms with E-state index in [9.17, 15) is 4.79 Å². The zero-order chi connectivity index (χ0) is 15.7. The molecule has 0 saturated heterocycles. The van der Waals surface area contributed by atoms with Gasteiger partial charge in [0.15, 0.2) is 11.2 Å². The third-order valence-electron chi connectivity index (χ3n) is 3.67. The molecule has 0 saturated carbocycles. The van der Waals surface area contributed by atoms with Crippen molar-refractivity contribution in [1.29, 1.82) is 0 Å². The van der Waals surface area contributed by atoms with Crippen molar-refractivity contribution in [2.75, 3.05) is 0 Å². The first-order valence-corrected chi connectivity index (χ1v) is 7.65. The highest BCUT2D eigenvalue weighted by Gasteiger charge is 2.17. The van der Waals surface area contributed by atoms with Crippen molar-refractivity contribution in [3.63, 3.8) is 0 Å². The van der Waals surface area contributed by atoms with Gasteiger partial charge in [-0.05, 0) is 23.6 Å². The highest BCUT2D eigenvalue weighted by Crippen LogP contribution is 2.16. The molecule has 2 aromatic heterocycles. The van der Waals surface area contributed by atoms with Gasteiger partial charge >= 0.3 is 0 Å². The van der Waals surface area contributed by atoms with E-state index in [4.69, 9.17) is 11.6 Å². The van der Waals surface area contributed by atoms with Crippen LogP contribution in [0.5, 0.6) is 0 Å². The molecule has 22 heavy (non-hydrogen) atoms. The molecule has 0 bridgehead atoms. The fourth-order valence-electron chi connectivity index (χ4n) is 2.53. The van der Waals surface area contributed by atoms with Gasteiger partial charge in [-0.2, -0.15) is 4.98 Å². The molecule has 0 aliphatic carbocycles. The van der Waals surface area contributed by atoms with Gasteiger partial charge < -0.3 is 4.57 Å². The van der Waals surface area contributed by atoms with Gasteiger partial charge in [0.2, 0.25) is 5.28 Å². The molecule has 0 N–H and O–H groups in total. The molecule has 0 atom stereocenters. The molecule has 6 heteroatoms. The third kappa shape index (κ3) is 2.52. The number of benzene rings is 1. The Hall–Kier alpha value is -2.14. The fraction of sp³-hybridized carbons (Fsp3) is 0.312. The van der Waals surface area contributed by atoms with Crippen molar-refractivity contribution in [1.82, 2.24) is 19.1 Å². The number of nitrogens with zero attached hydrogens (tertiary/aromatic N) is 4. The van der Waals surface area contributed by atoms with Crippen molar-refractivity contribution in [3.05, 3.63) is 57.4 Å². The van der Waals surface area contributed by atoms with E-state index in [0.29, 0.717) is 17.7 Å². The van der Waals surface area contributed by atoms with E-state index < -0.39 is 0 Å². The lowest BCUT2D eigenvalue weighted by atomic mass is 10.2. The Morgan fingerprint density at radius 2 is 1.91 bits per heavy atom. The van der Waals surface area contributed by atoms with E-state index in [-0.39, 0.29) is 10.8 Å². The maximum Gasteiger partial charge on any atom is 0.280 e. The summed E-state index contributed by atoms with van der Waals surface area (Å²) in [5, 5.41) is 0.157. The SMILES string of the molecule is CCCc1nc2nc(Cl)n(C)c(=O)c2n1Cc1ccccc1. The molecule has 0 aliphatic heterocycles. The summed E-state index contributed by atoms with van der Waals surface area (Å²) in [4.78, 5) is 21.3. The molecule has 2 heterocycles. The van der Waals surface area contributed by atoms with Crippen LogP contribution < -0.4 is 5.56 Å². The number of fused-ring (bicyclic) bond motifs is 1. The summed E-state index contributed by atoms with van der Waals surface area (Å²) >= 11 is 5.99. The lowest BCUT2D eigenvalue weighted by Gasteiger charge is -2.09. The second-order valence-electron chi connectivity index (χ2n) is 5.27. The number of aromatic nitrogens is 4. The Morgan fingerprint density at radius 1 is 1.18 bits per heavy atom. The van der Waals surface area contributed by atoms with Gasteiger partial charge in [0.1, 0.15) is 5.82 Å². The van der Waals surface area contributed by atoms with Gasteiger partial charge in [-0.3, -0.25) is 9.36 Å². The Labute approximate surface area is 133 Å². The van der Waals surface area contributed by atoms with Crippen LogP contribution >= 0.6 is 11.6 Å². The summed E-state index contributed by atoms with van der Waals surface area (Å²) in [5.41, 5.74) is 1.89. The van der Waals surface area contributed by atoms with Gasteiger partial charge in [0, 0.05) is 20.0 Å². The lowest BCUT2D eigenvalue weighted by Crippen LogP contribution is -2.21. The largest absolute Gasteiger partial charge is 0.318 e. The smallest absolute Gasteiger partial charge is 0.280 e. The molecule has 3 aromatic rings. The fourth-order valence-corrected chi connectivity index (χ4v) is 2.69. The van der Waals surface area contributed by atoms with Crippen molar-refractivity contribution < 1.29 is 0 Å². The summed E-state index contributed by atoms with van der Waals surface area (Å²) in [6, 6.07) is 10.0. The molecule has 0 amide bonds. The van der Waals surface area contributed by atoms with Crippen LogP contribution in [0.15, 0.2) is 35.1 Å². The van der Waals surface area contributed by atoms with Crippen LogP contribution in [0, 0.1) is 0 Å². The molecule has 0 aliphatic rings. The van der Waals surface area contributed by atoms with Crippen LogP contribution in [-0.2, 0) is 20.0 Å². The summed E-state index contributed by atoms with van der Waals surface area (Å²) in [6.45, 7) is 2.69. The van der Waals surface area contributed by atoms with Crippen molar-refractivity contribution in [2.24, 2.45) is 7.05 Å². The molecule has 0 unspecified atom stereocenters. The van der Waals surface area contributed by atoms with Crippen LogP contribution in [0.2, 0.25) is 5.28 Å². The number of rotatable bonds is 4. The zero-order valence-corrected chi connectivity index (χ0v) is 13.3. The van der Waals surface area contributed by atoms with Crippen LogP contribution in [-0.4, -0.2) is 19.1 Å². The summed E-state index contributed by atoms with van der Waals surface area (Å²) < 4.78 is 3.31. The molecule has 0 spiro atoms. The van der Waals surface area contributed by atoms with Gasteiger partial charge in [-0.25, -0.2) is 4.98 Å².